The zero-order valence-electron chi connectivity index (χ0n) is 12.3. The van der Waals surface area contributed by atoms with E-state index < -0.39 is 0 Å². The van der Waals surface area contributed by atoms with Gasteiger partial charge in [0.05, 0.1) is 0 Å². The van der Waals surface area contributed by atoms with E-state index in [1.54, 1.807) is 5.57 Å². The molecular weight excluding hydrogens is 244 g/mol. The first-order chi connectivity index (χ1) is 9.86. The molecule has 2 nitrogen and oxygen atoms in total. The first-order valence-corrected chi connectivity index (χ1v) is 8.10. The van der Waals surface area contributed by atoms with Crippen molar-refractivity contribution < 1.29 is 0 Å². The summed E-state index contributed by atoms with van der Waals surface area (Å²) in [6, 6.07) is 9.40. The zero-order chi connectivity index (χ0) is 13.8. The molecule has 0 aliphatic heterocycles. The van der Waals surface area contributed by atoms with Crippen molar-refractivity contribution in [3.63, 3.8) is 0 Å². The Morgan fingerprint density at radius 2 is 1.90 bits per heavy atom. The van der Waals surface area contributed by atoms with Gasteiger partial charge in [-0.25, -0.2) is 0 Å². The summed E-state index contributed by atoms with van der Waals surface area (Å²) in [6.07, 6.45) is 12.8. The van der Waals surface area contributed by atoms with E-state index in [0.29, 0.717) is 0 Å². The van der Waals surface area contributed by atoms with Crippen molar-refractivity contribution in [1.29, 1.82) is 0 Å². The summed E-state index contributed by atoms with van der Waals surface area (Å²) >= 11 is 0. The van der Waals surface area contributed by atoms with E-state index in [1.807, 2.05) is 0 Å². The van der Waals surface area contributed by atoms with Gasteiger partial charge in [-0.05, 0) is 62.0 Å². The van der Waals surface area contributed by atoms with Crippen LogP contribution in [0.25, 0.3) is 0 Å². The molecular formula is C18H26N2. The van der Waals surface area contributed by atoms with Crippen molar-refractivity contribution in [2.24, 2.45) is 5.84 Å². The van der Waals surface area contributed by atoms with E-state index in [-0.39, 0.29) is 6.04 Å². The van der Waals surface area contributed by atoms with Crippen LogP contribution in [0.5, 0.6) is 0 Å². The lowest BCUT2D eigenvalue weighted by Gasteiger charge is -2.26. The summed E-state index contributed by atoms with van der Waals surface area (Å²) in [5, 5.41) is 0. The van der Waals surface area contributed by atoms with Crippen molar-refractivity contribution in [1.82, 2.24) is 5.43 Å². The first-order valence-electron chi connectivity index (χ1n) is 8.10. The van der Waals surface area contributed by atoms with Gasteiger partial charge >= 0.3 is 0 Å². The molecule has 1 aromatic carbocycles. The number of benzene rings is 1. The minimum atomic E-state index is 0.259. The first kappa shape index (κ1) is 13.8. The quantitative estimate of drug-likeness (QED) is 0.474. The van der Waals surface area contributed by atoms with Gasteiger partial charge in [0.1, 0.15) is 0 Å². The molecule has 20 heavy (non-hydrogen) atoms. The predicted molar refractivity (Wildman–Crippen MR) is 84.3 cm³/mol. The third-order valence-electron chi connectivity index (χ3n) is 4.97. The minimum absolute atomic E-state index is 0.259. The van der Waals surface area contributed by atoms with E-state index in [9.17, 15) is 0 Å². The van der Waals surface area contributed by atoms with Gasteiger partial charge in [0.15, 0.2) is 0 Å². The fraction of sp³-hybridized carbons (Fsp3) is 0.556. The Morgan fingerprint density at radius 1 is 1.10 bits per heavy atom. The largest absolute Gasteiger partial charge is 0.271 e. The summed E-state index contributed by atoms with van der Waals surface area (Å²) in [6.45, 7) is 0. The van der Waals surface area contributed by atoms with Gasteiger partial charge in [0.2, 0.25) is 0 Å². The van der Waals surface area contributed by atoms with E-state index in [1.165, 1.54) is 56.1 Å². The fourth-order valence-electron chi connectivity index (χ4n) is 3.37. The molecule has 2 heteroatoms. The number of nitrogens with one attached hydrogen (secondary N) is 1. The monoisotopic (exact) mass is 270 g/mol. The molecule has 1 fully saturated rings. The molecule has 0 radical (unpaired) electrons. The van der Waals surface area contributed by atoms with Crippen LogP contribution >= 0.6 is 0 Å². The summed E-state index contributed by atoms with van der Waals surface area (Å²) in [5.41, 5.74) is 7.40. The lowest BCUT2D eigenvalue weighted by atomic mass is 9.79. The van der Waals surface area contributed by atoms with Crippen molar-refractivity contribution in [2.45, 2.75) is 63.3 Å². The average Bonchev–Trinajstić information content (AvgIpc) is 2.45. The number of hydrogen-bond donors (Lipinski definition) is 2. The zero-order valence-corrected chi connectivity index (χ0v) is 12.3. The highest BCUT2D eigenvalue weighted by molar-refractivity contribution is 5.29. The second-order valence-corrected chi connectivity index (χ2v) is 6.33. The van der Waals surface area contributed by atoms with Crippen molar-refractivity contribution in [2.75, 3.05) is 0 Å². The highest BCUT2D eigenvalue weighted by atomic mass is 15.2. The topological polar surface area (TPSA) is 38.0 Å². The third-order valence-corrected chi connectivity index (χ3v) is 4.97. The van der Waals surface area contributed by atoms with E-state index in [4.69, 9.17) is 5.84 Å². The van der Waals surface area contributed by atoms with Crippen LogP contribution in [0.2, 0.25) is 0 Å². The molecule has 0 amide bonds. The Labute approximate surface area is 122 Å². The van der Waals surface area contributed by atoms with E-state index in [2.05, 4.69) is 35.8 Å². The molecule has 1 saturated carbocycles. The predicted octanol–water partition coefficient (Wildman–Crippen LogP) is 4.35. The summed E-state index contributed by atoms with van der Waals surface area (Å²) in [5.74, 6) is 6.59. The number of nitrogens with two attached hydrogens (primary N) is 1. The third kappa shape index (κ3) is 3.13. The van der Waals surface area contributed by atoms with Gasteiger partial charge in [-0.1, -0.05) is 42.3 Å². The fourth-order valence-corrected chi connectivity index (χ4v) is 3.37. The molecule has 2 aliphatic rings. The van der Waals surface area contributed by atoms with Crippen LogP contribution in [0.4, 0.5) is 0 Å². The number of rotatable bonds is 5. The van der Waals surface area contributed by atoms with Crippen molar-refractivity contribution in [3.8, 4) is 0 Å². The van der Waals surface area contributed by atoms with Gasteiger partial charge in [0.25, 0.3) is 0 Å². The lowest BCUT2D eigenvalue weighted by Crippen LogP contribution is -2.28. The van der Waals surface area contributed by atoms with Crippen molar-refractivity contribution >= 4 is 0 Å². The summed E-state index contributed by atoms with van der Waals surface area (Å²) in [7, 11) is 0. The highest BCUT2D eigenvalue weighted by Gasteiger charge is 2.20. The second-order valence-electron chi connectivity index (χ2n) is 6.33. The maximum atomic E-state index is 5.78. The number of hydrazine groups is 1. The molecule has 0 spiro atoms. The number of allylic oxidation sites excluding steroid dienone is 1. The molecule has 0 heterocycles. The van der Waals surface area contributed by atoms with E-state index >= 15 is 0 Å². The van der Waals surface area contributed by atoms with Crippen LogP contribution in [0.1, 0.15) is 74.5 Å². The van der Waals surface area contributed by atoms with Gasteiger partial charge in [-0.15, -0.1) is 0 Å². The average molecular weight is 270 g/mol. The van der Waals surface area contributed by atoms with Gasteiger partial charge in [0, 0.05) is 6.04 Å². The number of hydrogen-bond acceptors (Lipinski definition) is 2. The van der Waals surface area contributed by atoms with Gasteiger partial charge in [-0.3, -0.25) is 11.3 Å². The van der Waals surface area contributed by atoms with Crippen LogP contribution in [-0.4, -0.2) is 0 Å². The standard InChI is InChI=1S/C18H26N2/c19-20-18(13-14-5-2-1-3-6-14)17-11-9-16(10-12-17)15-7-4-8-15/h5,9-12,15,18,20H,1-4,6-8,13,19H2. The second kappa shape index (κ2) is 6.55. The highest BCUT2D eigenvalue weighted by Crippen LogP contribution is 2.37. The lowest BCUT2D eigenvalue weighted by molar-refractivity contribution is 0.419. The summed E-state index contributed by atoms with van der Waals surface area (Å²) in [4.78, 5) is 0. The molecule has 2 aliphatic carbocycles. The van der Waals surface area contributed by atoms with Crippen LogP contribution < -0.4 is 11.3 Å². The van der Waals surface area contributed by atoms with Crippen LogP contribution in [-0.2, 0) is 0 Å². The van der Waals surface area contributed by atoms with Crippen LogP contribution in [0.15, 0.2) is 35.9 Å². The molecule has 1 aromatic rings. The Morgan fingerprint density at radius 3 is 2.45 bits per heavy atom. The Balaban J connectivity index is 1.66. The molecule has 3 rings (SSSR count). The maximum Gasteiger partial charge on any atom is 0.0497 e. The Kier molecular flexibility index (Phi) is 4.54. The van der Waals surface area contributed by atoms with Gasteiger partial charge in [-0.2, -0.15) is 0 Å². The molecule has 1 unspecified atom stereocenters. The molecule has 0 saturated heterocycles. The minimum Gasteiger partial charge on any atom is -0.271 e. The molecule has 108 valence electrons. The Hall–Kier alpha value is -1.12. The maximum absolute atomic E-state index is 5.78. The normalized spacial score (nSPS) is 21.1. The van der Waals surface area contributed by atoms with E-state index in [0.717, 1.165) is 12.3 Å². The molecule has 0 bridgehead atoms. The molecule has 3 N–H and O–H groups in total. The van der Waals surface area contributed by atoms with Crippen molar-refractivity contribution in [3.05, 3.63) is 47.0 Å². The van der Waals surface area contributed by atoms with Crippen LogP contribution in [0.3, 0.4) is 0 Å². The summed E-state index contributed by atoms with van der Waals surface area (Å²) < 4.78 is 0. The smallest absolute Gasteiger partial charge is 0.0497 e. The SMILES string of the molecule is NNC(CC1=CCCCC1)c1ccc(C2CCC2)cc1. The van der Waals surface area contributed by atoms with Crippen LogP contribution in [0, 0.1) is 0 Å². The van der Waals surface area contributed by atoms with Gasteiger partial charge < -0.3 is 0 Å². The molecule has 1 atom stereocenters. The molecule has 0 aromatic heterocycles. The Bertz CT molecular complexity index is 457.